The summed E-state index contributed by atoms with van der Waals surface area (Å²) in [6, 6.07) is 9.06. The van der Waals surface area contributed by atoms with E-state index in [1.165, 1.54) is 24.9 Å². The average Bonchev–Trinajstić information content (AvgIpc) is 3.34. The van der Waals surface area contributed by atoms with Crippen LogP contribution >= 0.6 is 0 Å². The van der Waals surface area contributed by atoms with Crippen molar-refractivity contribution in [2.24, 2.45) is 11.8 Å². The molecule has 2 amide bonds. The average molecular weight is 447 g/mol. The highest BCUT2D eigenvalue weighted by atomic mass is 32.2. The third kappa shape index (κ3) is 4.64. The van der Waals surface area contributed by atoms with Gasteiger partial charge in [-0.15, -0.1) is 0 Å². The zero-order valence-corrected chi connectivity index (χ0v) is 19.0. The molecule has 3 heterocycles. The fourth-order valence-corrected chi connectivity index (χ4v) is 6.93. The summed E-state index contributed by atoms with van der Waals surface area (Å²) in [6.45, 7) is 4.88. The summed E-state index contributed by atoms with van der Waals surface area (Å²) < 4.78 is 23.3. The van der Waals surface area contributed by atoms with Crippen LogP contribution in [0.15, 0.2) is 24.3 Å². The second kappa shape index (κ2) is 8.52. The van der Waals surface area contributed by atoms with Gasteiger partial charge in [-0.05, 0) is 37.1 Å². The molecule has 0 bridgehead atoms. The number of nitrogens with one attached hydrogen (secondary N) is 1. The number of sulfone groups is 1. The molecule has 2 atom stereocenters. The molecule has 0 unspecified atom stereocenters. The van der Waals surface area contributed by atoms with E-state index in [1.54, 1.807) is 0 Å². The number of likely N-dealkylation sites (tertiary alicyclic amines) is 1. The van der Waals surface area contributed by atoms with Crippen LogP contribution in [0.25, 0.3) is 0 Å². The summed E-state index contributed by atoms with van der Waals surface area (Å²) >= 11 is 0. The number of hydrogen-bond donors (Lipinski definition) is 1. The van der Waals surface area contributed by atoms with Crippen LogP contribution in [-0.2, 0) is 9.84 Å². The van der Waals surface area contributed by atoms with E-state index in [0.717, 1.165) is 44.7 Å². The maximum Gasteiger partial charge on any atom is 0.317 e. The first-order valence-electron chi connectivity index (χ1n) is 11.8. The highest BCUT2D eigenvalue weighted by molar-refractivity contribution is 7.91. The highest BCUT2D eigenvalue weighted by Gasteiger charge is 2.42. The largest absolute Gasteiger partial charge is 0.371 e. The summed E-state index contributed by atoms with van der Waals surface area (Å²) in [5, 5.41) is 3.27. The second-order valence-electron chi connectivity index (χ2n) is 9.77. The van der Waals surface area contributed by atoms with Gasteiger partial charge in [0.2, 0.25) is 0 Å². The molecule has 0 aromatic heterocycles. The summed E-state index contributed by atoms with van der Waals surface area (Å²) in [5.74, 6) is 1.58. The van der Waals surface area contributed by atoms with E-state index in [-0.39, 0.29) is 17.5 Å². The van der Waals surface area contributed by atoms with Crippen molar-refractivity contribution >= 4 is 27.2 Å². The first-order valence-corrected chi connectivity index (χ1v) is 13.6. The Morgan fingerprint density at radius 3 is 1.94 bits per heavy atom. The van der Waals surface area contributed by atoms with Gasteiger partial charge in [-0.1, -0.05) is 19.3 Å². The maximum absolute atomic E-state index is 12.7. The zero-order valence-electron chi connectivity index (χ0n) is 18.2. The van der Waals surface area contributed by atoms with Gasteiger partial charge in [0.05, 0.1) is 11.5 Å². The lowest BCUT2D eigenvalue weighted by Gasteiger charge is -2.29. The van der Waals surface area contributed by atoms with Crippen molar-refractivity contribution in [1.29, 1.82) is 0 Å². The second-order valence-corrected chi connectivity index (χ2v) is 12.1. The molecule has 170 valence electrons. The molecule has 4 aliphatic rings. The number of anilines is 2. The van der Waals surface area contributed by atoms with E-state index in [9.17, 15) is 13.2 Å². The van der Waals surface area contributed by atoms with Gasteiger partial charge in [0.15, 0.2) is 9.84 Å². The first kappa shape index (κ1) is 20.9. The quantitative estimate of drug-likeness (QED) is 0.772. The number of fused-ring (bicyclic) bond motifs is 1. The van der Waals surface area contributed by atoms with E-state index in [4.69, 9.17) is 0 Å². The lowest BCUT2D eigenvalue weighted by atomic mass is 9.96. The SMILES string of the molecule is O=C(NC1CCCCC1)N1C[C@@H]2CN(c3ccc(N4CCS(=O)(=O)CC4)cc3)C[C@@H]2C1. The number of urea groups is 1. The third-order valence-electron chi connectivity index (χ3n) is 7.63. The van der Waals surface area contributed by atoms with Crippen LogP contribution < -0.4 is 15.1 Å². The minimum atomic E-state index is -2.86. The molecule has 1 saturated carbocycles. The Morgan fingerprint density at radius 2 is 1.35 bits per heavy atom. The number of carbonyl (C=O) groups excluding carboxylic acids is 1. The van der Waals surface area contributed by atoms with Gasteiger partial charge >= 0.3 is 6.03 Å². The van der Waals surface area contributed by atoms with Gasteiger partial charge in [-0.3, -0.25) is 0 Å². The Kier molecular flexibility index (Phi) is 5.75. The molecule has 1 N–H and O–H groups in total. The van der Waals surface area contributed by atoms with Gasteiger partial charge < -0.3 is 20.0 Å². The Bertz CT molecular complexity index is 870. The molecule has 0 spiro atoms. The van der Waals surface area contributed by atoms with Crippen molar-refractivity contribution in [3.8, 4) is 0 Å². The first-order chi connectivity index (χ1) is 15.0. The molecule has 3 saturated heterocycles. The molecule has 8 heteroatoms. The van der Waals surface area contributed by atoms with Crippen molar-refractivity contribution in [3.63, 3.8) is 0 Å². The summed E-state index contributed by atoms with van der Waals surface area (Å²) in [5.41, 5.74) is 2.32. The zero-order chi connectivity index (χ0) is 21.4. The topological polar surface area (TPSA) is 73.0 Å². The van der Waals surface area contributed by atoms with E-state index < -0.39 is 9.84 Å². The Hall–Kier alpha value is -1.96. The Balaban J connectivity index is 1.13. The van der Waals surface area contributed by atoms with E-state index in [2.05, 4.69) is 39.4 Å². The minimum absolute atomic E-state index is 0.140. The number of hydrogen-bond acceptors (Lipinski definition) is 5. The standard InChI is InChI=1S/C23H34N4O3S/c28-23(24-20-4-2-1-3-5-20)27-16-18-14-26(15-19(18)17-27)22-8-6-21(7-9-22)25-10-12-31(29,30)13-11-25/h6-9,18-20H,1-5,10-17H2,(H,24,28)/t18-,19+. The molecule has 1 aromatic carbocycles. The van der Waals surface area contributed by atoms with Crippen LogP contribution in [-0.4, -0.2) is 76.2 Å². The number of amides is 2. The molecule has 5 rings (SSSR count). The summed E-state index contributed by atoms with van der Waals surface area (Å²) in [7, 11) is -2.86. The van der Waals surface area contributed by atoms with Crippen molar-refractivity contribution in [2.75, 3.05) is 60.6 Å². The molecule has 1 aliphatic carbocycles. The summed E-state index contributed by atoms with van der Waals surface area (Å²) in [6.07, 6.45) is 6.03. The van der Waals surface area contributed by atoms with E-state index >= 15 is 0 Å². The molecular weight excluding hydrogens is 412 g/mol. The molecule has 4 fully saturated rings. The van der Waals surface area contributed by atoms with Crippen LogP contribution in [0.1, 0.15) is 32.1 Å². The smallest absolute Gasteiger partial charge is 0.317 e. The maximum atomic E-state index is 12.7. The van der Waals surface area contributed by atoms with Crippen LogP contribution in [0.4, 0.5) is 16.2 Å². The van der Waals surface area contributed by atoms with Gasteiger partial charge in [0, 0.05) is 68.5 Å². The minimum Gasteiger partial charge on any atom is -0.371 e. The Morgan fingerprint density at radius 1 is 0.806 bits per heavy atom. The molecular formula is C23H34N4O3S. The fourth-order valence-electron chi connectivity index (χ4n) is 5.73. The van der Waals surface area contributed by atoms with Gasteiger partial charge in [0.25, 0.3) is 0 Å². The van der Waals surface area contributed by atoms with Crippen LogP contribution in [0, 0.1) is 11.8 Å². The predicted octanol–water partition coefficient (Wildman–Crippen LogP) is 2.33. The molecule has 0 radical (unpaired) electrons. The van der Waals surface area contributed by atoms with Crippen molar-refractivity contribution < 1.29 is 13.2 Å². The fraction of sp³-hybridized carbons (Fsp3) is 0.696. The number of benzene rings is 1. The van der Waals surface area contributed by atoms with Crippen molar-refractivity contribution in [3.05, 3.63) is 24.3 Å². The number of nitrogens with zero attached hydrogens (tertiary/aromatic N) is 3. The summed E-state index contributed by atoms with van der Waals surface area (Å²) in [4.78, 5) is 19.3. The van der Waals surface area contributed by atoms with Crippen LogP contribution in [0.5, 0.6) is 0 Å². The van der Waals surface area contributed by atoms with E-state index in [1.807, 2.05) is 4.90 Å². The molecule has 7 nitrogen and oxygen atoms in total. The van der Waals surface area contributed by atoms with Gasteiger partial charge in [-0.25, -0.2) is 13.2 Å². The van der Waals surface area contributed by atoms with Crippen molar-refractivity contribution in [2.45, 2.75) is 38.1 Å². The lowest BCUT2D eigenvalue weighted by molar-refractivity contribution is 0.197. The van der Waals surface area contributed by atoms with Crippen LogP contribution in [0.2, 0.25) is 0 Å². The number of rotatable bonds is 3. The normalized spacial score (nSPS) is 28.6. The van der Waals surface area contributed by atoms with Gasteiger partial charge in [0.1, 0.15) is 0 Å². The number of carbonyl (C=O) groups is 1. The Labute approximate surface area is 185 Å². The molecule has 31 heavy (non-hydrogen) atoms. The van der Waals surface area contributed by atoms with Gasteiger partial charge in [-0.2, -0.15) is 0 Å². The highest BCUT2D eigenvalue weighted by Crippen LogP contribution is 2.35. The lowest BCUT2D eigenvalue weighted by Crippen LogP contribution is -2.45. The predicted molar refractivity (Wildman–Crippen MR) is 123 cm³/mol. The third-order valence-corrected chi connectivity index (χ3v) is 9.24. The van der Waals surface area contributed by atoms with E-state index in [0.29, 0.717) is 31.0 Å². The van der Waals surface area contributed by atoms with Crippen LogP contribution in [0.3, 0.4) is 0 Å². The van der Waals surface area contributed by atoms with Crippen molar-refractivity contribution in [1.82, 2.24) is 10.2 Å². The molecule has 1 aromatic rings. The molecule has 3 aliphatic heterocycles. The monoisotopic (exact) mass is 446 g/mol.